The average Bonchev–Trinajstić information content (AvgIpc) is 3.04. The molecule has 26 heavy (non-hydrogen) atoms. The second-order valence-electron chi connectivity index (χ2n) is 5.47. The summed E-state index contributed by atoms with van der Waals surface area (Å²) < 4.78 is 35.7. The van der Waals surface area contributed by atoms with Gasteiger partial charge in [-0.25, -0.2) is 13.8 Å². The molecule has 1 amide bonds. The van der Waals surface area contributed by atoms with E-state index in [9.17, 15) is 13.6 Å². The van der Waals surface area contributed by atoms with Gasteiger partial charge in [-0.2, -0.15) is 0 Å². The van der Waals surface area contributed by atoms with E-state index >= 15 is 0 Å². The molecular weight excluding hydrogens is 389 g/mol. The molecule has 1 heterocycles. The SMILES string of the molecule is COCCN(CC(F)F)C(=O)CCc1ncc(-c2ccc(Cl)cc2Cl)o1. The zero-order chi connectivity index (χ0) is 19.1. The Kier molecular flexibility index (Phi) is 7.81. The first kappa shape index (κ1) is 20.6. The van der Waals surface area contributed by atoms with Gasteiger partial charge in [-0.15, -0.1) is 0 Å². The summed E-state index contributed by atoms with van der Waals surface area (Å²) in [4.78, 5) is 17.3. The van der Waals surface area contributed by atoms with Crippen LogP contribution in [0.15, 0.2) is 28.8 Å². The number of ether oxygens (including phenoxy) is 1. The fourth-order valence-electron chi connectivity index (χ4n) is 2.30. The summed E-state index contributed by atoms with van der Waals surface area (Å²) in [6.45, 7) is -0.326. The van der Waals surface area contributed by atoms with Crippen molar-refractivity contribution < 1.29 is 22.7 Å². The maximum absolute atomic E-state index is 12.6. The highest BCUT2D eigenvalue weighted by Gasteiger charge is 2.19. The molecule has 0 bridgehead atoms. The summed E-state index contributed by atoms with van der Waals surface area (Å²) in [5, 5.41) is 0.915. The predicted octanol–water partition coefficient (Wildman–Crippen LogP) is 4.32. The first-order valence-corrected chi connectivity index (χ1v) is 8.61. The molecule has 1 aromatic heterocycles. The van der Waals surface area contributed by atoms with Gasteiger partial charge in [0.05, 0.1) is 24.4 Å². The number of oxazole rings is 1. The van der Waals surface area contributed by atoms with Crippen molar-refractivity contribution in [1.82, 2.24) is 9.88 Å². The summed E-state index contributed by atoms with van der Waals surface area (Å²) in [5.41, 5.74) is 0.626. The third kappa shape index (κ3) is 5.93. The molecular formula is C17H18Cl2F2N2O3. The van der Waals surface area contributed by atoms with Crippen molar-refractivity contribution in [3.63, 3.8) is 0 Å². The van der Waals surface area contributed by atoms with Gasteiger partial charge >= 0.3 is 0 Å². The molecule has 0 N–H and O–H groups in total. The molecule has 2 aromatic rings. The van der Waals surface area contributed by atoms with Crippen LogP contribution >= 0.6 is 23.2 Å². The molecule has 0 spiro atoms. The second kappa shape index (κ2) is 9.85. The van der Waals surface area contributed by atoms with E-state index in [0.717, 1.165) is 4.90 Å². The van der Waals surface area contributed by atoms with Gasteiger partial charge in [0.25, 0.3) is 6.43 Å². The van der Waals surface area contributed by atoms with E-state index < -0.39 is 18.9 Å². The van der Waals surface area contributed by atoms with Crippen molar-refractivity contribution in [3.05, 3.63) is 40.3 Å². The van der Waals surface area contributed by atoms with Gasteiger partial charge in [0, 0.05) is 37.1 Å². The quantitative estimate of drug-likeness (QED) is 0.621. The summed E-state index contributed by atoms with van der Waals surface area (Å²) >= 11 is 12.0. The molecule has 0 atom stereocenters. The molecule has 0 radical (unpaired) electrons. The highest BCUT2D eigenvalue weighted by Crippen LogP contribution is 2.30. The van der Waals surface area contributed by atoms with Crippen LogP contribution in [0.4, 0.5) is 8.78 Å². The van der Waals surface area contributed by atoms with Gasteiger partial charge in [-0.3, -0.25) is 4.79 Å². The Morgan fingerprint density at radius 3 is 2.81 bits per heavy atom. The fraction of sp³-hybridized carbons (Fsp3) is 0.412. The third-order valence-electron chi connectivity index (χ3n) is 3.58. The Morgan fingerprint density at radius 1 is 1.38 bits per heavy atom. The largest absolute Gasteiger partial charge is 0.441 e. The van der Waals surface area contributed by atoms with Crippen LogP contribution < -0.4 is 0 Å². The van der Waals surface area contributed by atoms with E-state index in [1.807, 2.05) is 0 Å². The number of halogens is 4. The van der Waals surface area contributed by atoms with Crippen molar-refractivity contribution in [1.29, 1.82) is 0 Å². The Labute approximate surface area is 159 Å². The molecule has 0 saturated heterocycles. The lowest BCUT2D eigenvalue weighted by Crippen LogP contribution is -2.37. The van der Waals surface area contributed by atoms with Crippen molar-refractivity contribution in [2.24, 2.45) is 0 Å². The highest BCUT2D eigenvalue weighted by molar-refractivity contribution is 6.36. The number of aryl methyl sites for hydroxylation is 1. The topological polar surface area (TPSA) is 55.6 Å². The Balaban J connectivity index is 1.98. The maximum Gasteiger partial charge on any atom is 0.255 e. The average molecular weight is 407 g/mol. The number of rotatable bonds is 9. The lowest BCUT2D eigenvalue weighted by atomic mass is 10.2. The Hall–Kier alpha value is -1.70. The van der Waals surface area contributed by atoms with Gasteiger partial charge in [0.15, 0.2) is 11.7 Å². The minimum atomic E-state index is -2.60. The summed E-state index contributed by atoms with van der Waals surface area (Å²) in [6, 6.07) is 4.96. The van der Waals surface area contributed by atoms with Crippen LogP contribution in [-0.2, 0) is 16.0 Å². The lowest BCUT2D eigenvalue weighted by Gasteiger charge is -2.21. The summed E-state index contributed by atoms with van der Waals surface area (Å²) in [6.07, 6.45) is -0.908. The molecule has 0 saturated carbocycles. The maximum atomic E-state index is 12.6. The molecule has 2 rings (SSSR count). The predicted molar refractivity (Wildman–Crippen MR) is 94.7 cm³/mol. The highest BCUT2D eigenvalue weighted by atomic mass is 35.5. The summed E-state index contributed by atoms with van der Waals surface area (Å²) in [7, 11) is 1.45. The van der Waals surface area contributed by atoms with E-state index in [1.165, 1.54) is 13.3 Å². The van der Waals surface area contributed by atoms with E-state index in [-0.39, 0.29) is 26.0 Å². The van der Waals surface area contributed by atoms with Gasteiger partial charge in [-0.05, 0) is 18.2 Å². The van der Waals surface area contributed by atoms with Crippen LogP contribution in [0.1, 0.15) is 12.3 Å². The molecule has 0 unspecified atom stereocenters. The van der Waals surface area contributed by atoms with E-state index in [2.05, 4.69) is 4.98 Å². The zero-order valence-electron chi connectivity index (χ0n) is 14.1. The number of carbonyl (C=O) groups excluding carboxylic acids is 1. The van der Waals surface area contributed by atoms with Crippen molar-refractivity contribution >= 4 is 29.1 Å². The number of amides is 1. The van der Waals surface area contributed by atoms with Crippen molar-refractivity contribution in [2.45, 2.75) is 19.3 Å². The minimum Gasteiger partial charge on any atom is -0.441 e. The lowest BCUT2D eigenvalue weighted by molar-refractivity contribution is -0.133. The molecule has 0 aliphatic heterocycles. The molecule has 0 aliphatic carbocycles. The molecule has 142 valence electrons. The number of alkyl halides is 2. The number of benzene rings is 1. The van der Waals surface area contributed by atoms with Gasteiger partial charge < -0.3 is 14.1 Å². The third-order valence-corrected chi connectivity index (χ3v) is 4.13. The van der Waals surface area contributed by atoms with E-state index in [0.29, 0.717) is 27.3 Å². The van der Waals surface area contributed by atoms with Crippen molar-refractivity contribution in [2.75, 3.05) is 26.8 Å². The molecule has 5 nitrogen and oxygen atoms in total. The number of hydrogen-bond donors (Lipinski definition) is 0. The van der Waals surface area contributed by atoms with Crippen molar-refractivity contribution in [3.8, 4) is 11.3 Å². The fourth-order valence-corrected chi connectivity index (χ4v) is 2.80. The number of aromatic nitrogens is 1. The van der Waals surface area contributed by atoms with Crippen LogP contribution in [-0.4, -0.2) is 49.0 Å². The Bertz CT molecular complexity index is 741. The molecule has 9 heteroatoms. The number of carbonyl (C=O) groups is 1. The van der Waals surface area contributed by atoms with Crippen LogP contribution in [0, 0.1) is 0 Å². The Morgan fingerprint density at radius 2 is 2.15 bits per heavy atom. The first-order valence-electron chi connectivity index (χ1n) is 7.85. The monoisotopic (exact) mass is 406 g/mol. The number of methoxy groups -OCH3 is 1. The van der Waals surface area contributed by atoms with Crippen LogP contribution in [0.25, 0.3) is 11.3 Å². The van der Waals surface area contributed by atoms with E-state index in [1.54, 1.807) is 18.2 Å². The molecule has 1 aromatic carbocycles. The zero-order valence-corrected chi connectivity index (χ0v) is 15.6. The summed E-state index contributed by atoms with van der Waals surface area (Å²) in [5.74, 6) is 0.354. The van der Waals surface area contributed by atoms with E-state index in [4.69, 9.17) is 32.4 Å². The van der Waals surface area contributed by atoms with Gasteiger partial charge in [-0.1, -0.05) is 23.2 Å². The molecule has 0 fully saturated rings. The smallest absolute Gasteiger partial charge is 0.255 e. The molecule has 0 aliphatic rings. The minimum absolute atomic E-state index is 0.00470. The van der Waals surface area contributed by atoms with Gasteiger partial charge in [0.1, 0.15) is 0 Å². The van der Waals surface area contributed by atoms with Gasteiger partial charge in [0.2, 0.25) is 5.91 Å². The normalized spacial score (nSPS) is 11.2. The number of hydrogen-bond acceptors (Lipinski definition) is 4. The standard InChI is InChI=1S/C17H18Cl2F2N2O3/c1-25-7-6-23(10-15(20)21)17(24)5-4-16-22-9-14(26-16)12-3-2-11(18)8-13(12)19/h2-3,8-9,15H,4-7,10H2,1H3. The van der Waals surface area contributed by atoms with Crippen LogP contribution in [0.3, 0.4) is 0 Å². The van der Waals surface area contributed by atoms with Crippen LogP contribution in [0.5, 0.6) is 0 Å². The second-order valence-corrected chi connectivity index (χ2v) is 6.31. The van der Waals surface area contributed by atoms with Crippen LogP contribution in [0.2, 0.25) is 10.0 Å². The number of nitrogens with zero attached hydrogens (tertiary/aromatic N) is 2. The first-order chi connectivity index (χ1) is 12.4.